The van der Waals surface area contributed by atoms with Gasteiger partial charge in [-0.25, -0.2) is 8.42 Å². The first-order chi connectivity index (χ1) is 10.8. The molecule has 0 spiro atoms. The number of ketones is 1. The summed E-state index contributed by atoms with van der Waals surface area (Å²) in [5.74, 6) is 1.15. The maximum absolute atomic E-state index is 11.7. The summed E-state index contributed by atoms with van der Waals surface area (Å²) in [5.41, 5.74) is 0. The highest BCUT2D eigenvalue weighted by Crippen LogP contribution is 2.24. The predicted molar refractivity (Wildman–Crippen MR) is 99.0 cm³/mol. The van der Waals surface area contributed by atoms with E-state index < -0.39 is 10.1 Å². The van der Waals surface area contributed by atoms with Crippen LogP contribution in [0.5, 0.6) is 0 Å². The summed E-state index contributed by atoms with van der Waals surface area (Å²) in [6, 6.07) is 0. The summed E-state index contributed by atoms with van der Waals surface area (Å²) in [5, 5.41) is 0.865. The summed E-state index contributed by atoms with van der Waals surface area (Å²) >= 11 is 0. The number of unbranched alkanes of at least 4 members (excludes halogenated alkanes) is 2. The standard InChI is InChI=1S/C13H25OS.C4H10O3S/c1-3-4-8-12(14)11-15(2)13-9-6-5-7-10-13;1-2-3-4-8(5,6)7/h13H,3-11H2,1-2H3;2-4H2,1H3,(H,5,6,7)/q+1;/p-1. The second kappa shape index (κ2) is 13.2. The van der Waals surface area contributed by atoms with Crippen molar-refractivity contribution in [3.05, 3.63) is 0 Å². The summed E-state index contributed by atoms with van der Waals surface area (Å²) in [4.78, 5) is 11.7. The number of carbonyl (C=O) groups is 1. The molecule has 1 rings (SSSR count). The Bertz CT molecular complexity index is 401. The van der Waals surface area contributed by atoms with Crippen LogP contribution in [0.25, 0.3) is 0 Å². The maximum Gasteiger partial charge on any atom is 0.181 e. The molecule has 1 aliphatic carbocycles. The molecular formula is C17H34O4S2. The highest BCUT2D eigenvalue weighted by atomic mass is 32.2. The zero-order chi connectivity index (χ0) is 17.7. The number of Topliss-reactive ketones (excluding diaryl/α,β-unsaturated/α-hetero) is 1. The SMILES string of the molecule is CCCCC(=O)C[S+](C)C1CCCCC1.CCCCS(=O)(=O)[O-]. The van der Waals surface area contributed by atoms with Gasteiger partial charge < -0.3 is 4.55 Å². The Labute approximate surface area is 145 Å². The van der Waals surface area contributed by atoms with E-state index in [9.17, 15) is 17.8 Å². The molecule has 4 nitrogen and oxygen atoms in total. The van der Waals surface area contributed by atoms with Crippen LogP contribution in [0, 0.1) is 0 Å². The molecular weight excluding hydrogens is 332 g/mol. The van der Waals surface area contributed by atoms with Gasteiger partial charge in [0, 0.05) is 12.2 Å². The predicted octanol–water partition coefficient (Wildman–Crippen LogP) is 3.66. The van der Waals surface area contributed by atoms with Crippen LogP contribution in [-0.2, 0) is 25.8 Å². The molecule has 0 aliphatic heterocycles. The average Bonchev–Trinajstić information content (AvgIpc) is 2.51. The lowest BCUT2D eigenvalue weighted by molar-refractivity contribution is -0.116. The van der Waals surface area contributed by atoms with Crippen LogP contribution in [0.1, 0.15) is 78.1 Å². The maximum atomic E-state index is 11.7. The molecule has 0 saturated heterocycles. The third-order valence-electron chi connectivity index (χ3n) is 4.07. The Morgan fingerprint density at radius 3 is 2.09 bits per heavy atom. The molecule has 0 N–H and O–H groups in total. The molecule has 6 heteroatoms. The van der Waals surface area contributed by atoms with Crippen molar-refractivity contribution in [2.45, 2.75) is 83.3 Å². The van der Waals surface area contributed by atoms with Gasteiger partial charge in [-0.05, 0) is 49.4 Å². The summed E-state index contributed by atoms with van der Waals surface area (Å²) in [6.45, 7) is 3.99. The normalized spacial score (nSPS) is 17.2. The van der Waals surface area contributed by atoms with Crippen LogP contribution in [-0.4, -0.2) is 41.8 Å². The van der Waals surface area contributed by atoms with Crippen molar-refractivity contribution in [2.24, 2.45) is 0 Å². The average molecular weight is 367 g/mol. The van der Waals surface area contributed by atoms with Crippen molar-refractivity contribution in [1.29, 1.82) is 0 Å². The number of carbonyl (C=O) groups excluding carboxylic acids is 1. The second-order valence-electron chi connectivity index (χ2n) is 6.35. The summed E-state index contributed by atoms with van der Waals surface area (Å²) in [6.07, 6.45) is 13.5. The minimum absolute atomic E-state index is 0.219. The van der Waals surface area contributed by atoms with Gasteiger partial charge in [-0.15, -0.1) is 0 Å². The van der Waals surface area contributed by atoms with Gasteiger partial charge in [-0.2, -0.15) is 0 Å². The van der Waals surface area contributed by atoms with Crippen molar-refractivity contribution in [2.75, 3.05) is 17.8 Å². The molecule has 0 aromatic heterocycles. The molecule has 138 valence electrons. The van der Waals surface area contributed by atoms with Gasteiger partial charge in [-0.1, -0.05) is 33.1 Å². The fourth-order valence-electron chi connectivity index (χ4n) is 2.61. The van der Waals surface area contributed by atoms with E-state index in [-0.39, 0.29) is 5.75 Å². The van der Waals surface area contributed by atoms with Crippen LogP contribution in [0.15, 0.2) is 0 Å². The molecule has 0 radical (unpaired) electrons. The van der Waals surface area contributed by atoms with E-state index in [0.29, 0.717) is 23.1 Å². The lowest BCUT2D eigenvalue weighted by Crippen LogP contribution is -2.29. The number of rotatable bonds is 9. The first-order valence-electron chi connectivity index (χ1n) is 8.86. The molecule has 1 unspecified atom stereocenters. The second-order valence-corrected chi connectivity index (χ2v) is 10.2. The summed E-state index contributed by atoms with van der Waals surface area (Å²) in [7, 11) is -3.58. The molecule has 0 amide bonds. The number of hydrogen-bond donors (Lipinski definition) is 0. The molecule has 23 heavy (non-hydrogen) atoms. The monoisotopic (exact) mass is 366 g/mol. The minimum Gasteiger partial charge on any atom is -0.748 e. The smallest absolute Gasteiger partial charge is 0.181 e. The Balaban J connectivity index is 0.000000515. The van der Waals surface area contributed by atoms with Crippen LogP contribution >= 0.6 is 0 Å². The zero-order valence-electron chi connectivity index (χ0n) is 15.0. The van der Waals surface area contributed by atoms with Crippen LogP contribution in [0.3, 0.4) is 0 Å². The molecule has 0 aromatic rings. The largest absolute Gasteiger partial charge is 0.748 e. The molecule has 1 aliphatic rings. The highest BCUT2D eigenvalue weighted by Gasteiger charge is 2.29. The highest BCUT2D eigenvalue weighted by molar-refractivity contribution is 7.97. The first kappa shape index (κ1) is 22.9. The van der Waals surface area contributed by atoms with E-state index >= 15 is 0 Å². The van der Waals surface area contributed by atoms with Crippen molar-refractivity contribution in [3.63, 3.8) is 0 Å². The Hall–Kier alpha value is -0.0700. The van der Waals surface area contributed by atoms with Gasteiger partial charge >= 0.3 is 0 Å². The minimum atomic E-state index is -3.94. The van der Waals surface area contributed by atoms with Gasteiger partial charge in [0.2, 0.25) is 0 Å². The van der Waals surface area contributed by atoms with Crippen LogP contribution in [0.2, 0.25) is 0 Å². The Morgan fingerprint density at radius 2 is 1.65 bits per heavy atom. The topological polar surface area (TPSA) is 74.3 Å². The van der Waals surface area contributed by atoms with Gasteiger partial charge in [0.15, 0.2) is 11.5 Å². The first-order valence-corrected chi connectivity index (χ1v) is 12.3. The Morgan fingerprint density at radius 1 is 1.09 bits per heavy atom. The fraction of sp³-hybridized carbons (Fsp3) is 0.941. The molecule has 0 heterocycles. The van der Waals surface area contributed by atoms with Gasteiger partial charge in [0.1, 0.15) is 5.25 Å². The molecule has 1 saturated carbocycles. The fourth-order valence-corrected chi connectivity index (χ4v) is 5.27. The van der Waals surface area contributed by atoms with E-state index in [4.69, 9.17) is 0 Å². The van der Waals surface area contributed by atoms with E-state index in [2.05, 4.69) is 13.2 Å². The molecule has 0 aromatic carbocycles. The van der Waals surface area contributed by atoms with Gasteiger partial charge in [0.25, 0.3) is 0 Å². The summed E-state index contributed by atoms with van der Waals surface area (Å²) < 4.78 is 29.5. The van der Waals surface area contributed by atoms with Crippen molar-refractivity contribution in [3.8, 4) is 0 Å². The van der Waals surface area contributed by atoms with Crippen LogP contribution in [0.4, 0.5) is 0 Å². The molecule has 1 fully saturated rings. The lowest BCUT2D eigenvalue weighted by atomic mass is 10.0. The van der Waals surface area contributed by atoms with Gasteiger partial charge in [0.05, 0.1) is 16.4 Å². The van der Waals surface area contributed by atoms with Crippen molar-refractivity contribution >= 4 is 26.8 Å². The lowest BCUT2D eigenvalue weighted by Gasteiger charge is -2.20. The van der Waals surface area contributed by atoms with Gasteiger partial charge in [-0.3, -0.25) is 4.79 Å². The molecule has 0 bridgehead atoms. The van der Waals surface area contributed by atoms with Crippen LogP contribution < -0.4 is 0 Å². The van der Waals surface area contributed by atoms with Crippen molar-refractivity contribution in [1.82, 2.24) is 0 Å². The van der Waals surface area contributed by atoms with Crippen molar-refractivity contribution < 1.29 is 17.8 Å². The van der Waals surface area contributed by atoms with E-state index in [0.717, 1.165) is 36.7 Å². The Kier molecular flexibility index (Phi) is 13.2. The number of hydrogen-bond acceptors (Lipinski definition) is 4. The zero-order valence-corrected chi connectivity index (χ0v) is 16.6. The third-order valence-corrected chi connectivity index (χ3v) is 7.24. The third kappa shape index (κ3) is 14.0. The molecule has 1 atom stereocenters. The quantitative estimate of drug-likeness (QED) is 0.461. The van der Waals surface area contributed by atoms with E-state index in [1.807, 2.05) is 6.92 Å². The van der Waals surface area contributed by atoms with E-state index in [1.165, 1.54) is 32.1 Å². The van der Waals surface area contributed by atoms with E-state index in [1.54, 1.807) is 0 Å².